The van der Waals surface area contributed by atoms with Crippen LogP contribution in [0.25, 0.3) is 0 Å². The monoisotopic (exact) mass is 230 g/mol. The first kappa shape index (κ1) is 13.1. The number of aromatic hydroxyl groups is 2. The van der Waals surface area contributed by atoms with Crippen LogP contribution in [0.5, 0.6) is 11.5 Å². The van der Waals surface area contributed by atoms with Gasteiger partial charge < -0.3 is 10.2 Å². The third-order valence-electron chi connectivity index (χ3n) is 2.61. The van der Waals surface area contributed by atoms with E-state index in [9.17, 15) is 10.2 Å². The maximum Gasteiger partial charge on any atom is 0.126 e. The lowest BCUT2D eigenvalue weighted by Gasteiger charge is -2.13. The number of phenols is 2. The molecule has 0 heterocycles. The second-order valence-electron chi connectivity index (χ2n) is 3.85. The summed E-state index contributed by atoms with van der Waals surface area (Å²) >= 11 is 0. The number of allylic oxidation sites excluding steroid dienone is 3. The first-order valence-electron chi connectivity index (χ1n) is 5.53. The minimum Gasteiger partial charge on any atom is -0.507 e. The third kappa shape index (κ3) is 2.78. The summed E-state index contributed by atoms with van der Waals surface area (Å²) in [7, 11) is 0. The zero-order valence-corrected chi connectivity index (χ0v) is 9.95. The highest BCUT2D eigenvalue weighted by Gasteiger charge is 2.14. The molecule has 0 fully saturated rings. The Kier molecular flexibility index (Phi) is 4.58. The number of hydrogen-bond donors (Lipinski definition) is 2. The molecule has 0 saturated heterocycles. The molecule has 0 saturated carbocycles. The molecule has 1 aromatic carbocycles. The molecule has 1 rings (SSSR count). The SMILES string of the molecule is C=CCc1cc(CC=C)c(O)c(CC=C)c1O. The fraction of sp³-hybridized carbons (Fsp3) is 0.200. The highest BCUT2D eigenvalue weighted by molar-refractivity contribution is 5.55. The molecule has 0 aliphatic carbocycles. The van der Waals surface area contributed by atoms with E-state index in [0.717, 1.165) is 11.1 Å². The highest BCUT2D eigenvalue weighted by atomic mass is 16.3. The molecule has 1 aromatic rings. The van der Waals surface area contributed by atoms with Crippen molar-refractivity contribution in [3.8, 4) is 11.5 Å². The van der Waals surface area contributed by atoms with E-state index in [1.165, 1.54) is 0 Å². The summed E-state index contributed by atoms with van der Waals surface area (Å²) in [5, 5.41) is 20.1. The lowest BCUT2D eigenvalue weighted by Crippen LogP contribution is -1.95. The van der Waals surface area contributed by atoms with Crippen LogP contribution < -0.4 is 0 Å². The van der Waals surface area contributed by atoms with Crippen LogP contribution in [0.3, 0.4) is 0 Å². The van der Waals surface area contributed by atoms with Gasteiger partial charge in [-0.15, -0.1) is 19.7 Å². The van der Waals surface area contributed by atoms with Gasteiger partial charge in [-0.3, -0.25) is 0 Å². The molecule has 0 aliphatic heterocycles. The van der Waals surface area contributed by atoms with E-state index in [-0.39, 0.29) is 11.5 Å². The van der Waals surface area contributed by atoms with E-state index in [0.29, 0.717) is 24.8 Å². The van der Waals surface area contributed by atoms with Gasteiger partial charge in [0.25, 0.3) is 0 Å². The van der Waals surface area contributed by atoms with Crippen LogP contribution in [0, 0.1) is 0 Å². The van der Waals surface area contributed by atoms with Crippen molar-refractivity contribution >= 4 is 0 Å². The van der Waals surface area contributed by atoms with E-state index in [2.05, 4.69) is 19.7 Å². The fourth-order valence-corrected chi connectivity index (χ4v) is 1.81. The fourth-order valence-electron chi connectivity index (χ4n) is 1.81. The Balaban J connectivity index is 3.38. The van der Waals surface area contributed by atoms with Crippen molar-refractivity contribution in [3.05, 3.63) is 60.7 Å². The average Bonchev–Trinajstić information content (AvgIpc) is 2.31. The smallest absolute Gasteiger partial charge is 0.126 e. The van der Waals surface area contributed by atoms with Gasteiger partial charge in [-0.2, -0.15) is 0 Å². The van der Waals surface area contributed by atoms with Crippen LogP contribution in [0.4, 0.5) is 0 Å². The van der Waals surface area contributed by atoms with Crippen LogP contribution >= 0.6 is 0 Å². The van der Waals surface area contributed by atoms with Crippen molar-refractivity contribution in [1.29, 1.82) is 0 Å². The molecule has 0 amide bonds. The molecule has 0 radical (unpaired) electrons. The summed E-state index contributed by atoms with van der Waals surface area (Å²) in [5.74, 6) is 0.269. The number of benzene rings is 1. The zero-order chi connectivity index (χ0) is 12.8. The van der Waals surface area contributed by atoms with Gasteiger partial charge in [-0.1, -0.05) is 18.2 Å². The van der Waals surface area contributed by atoms with Gasteiger partial charge in [0.1, 0.15) is 11.5 Å². The summed E-state index contributed by atoms with van der Waals surface area (Å²) < 4.78 is 0. The van der Waals surface area contributed by atoms with Gasteiger partial charge in [-0.05, 0) is 36.5 Å². The highest BCUT2D eigenvalue weighted by Crippen LogP contribution is 2.35. The molecular formula is C15H18O2. The van der Waals surface area contributed by atoms with E-state index < -0.39 is 0 Å². The first-order chi connectivity index (χ1) is 8.15. The maximum atomic E-state index is 10.0. The normalized spacial score (nSPS) is 9.88. The molecule has 0 aromatic heterocycles. The van der Waals surface area contributed by atoms with Crippen LogP contribution in [-0.2, 0) is 19.3 Å². The Labute approximate surface area is 102 Å². The van der Waals surface area contributed by atoms with E-state index in [1.807, 2.05) is 0 Å². The molecule has 90 valence electrons. The molecule has 0 bridgehead atoms. The summed E-state index contributed by atoms with van der Waals surface area (Å²) in [6.07, 6.45) is 6.68. The quantitative estimate of drug-likeness (QED) is 0.736. The second kappa shape index (κ2) is 5.94. The van der Waals surface area contributed by atoms with E-state index in [1.54, 1.807) is 24.3 Å². The van der Waals surface area contributed by atoms with Gasteiger partial charge in [0.05, 0.1) is 0 Å². The topological polar surface area (TPSA) is 40.5 Å². The molecule has 0 spiro atoms. The van der Waals surface area contributed by atoms with Crippen molar-refractivity contribution in [2.75, 3.05) is 0 Å². The standard InChI is InChI=1S/C15H18O2/c1-4-7-11-10-12(8-5-2)15(17)13(9-6-3)14(11)16/h4-6,10,16-17H,1-3,7-9H2. The molecule has 17 heavy (non-hydrogen) atoms. The minimum absolute atomic E-state index is 0.134. The number of rotatable bonds is 6. The Hall–Kier alpha value is -1.96. The molecule has 0 unspecified atom stereocenters. The van der Waals surface area contributed by atoms with E-state index >= 15 is 0 Å². The Bertz CT molecular complexity index is 410. The maximum absolute atomic E-state index is 10.0. The Morgan fingerprint density at radius 3 is 1.59 bits per heavy atom. The molecule has 0 atom stereocenters. The average molecular weight is 230 g/mol. The van der Waals surface area contributed by atoms with Crippen molar-refractivity contribution in [1.82, 2.24) is 0 Å². The summed E-state index contributed by atoms with van der Waals surface area (Å²) in [4.78, 5) is 0. The van der Waals surface area contributed by atoms with Gasteiger partial charge in [0, 0.05) is 5.56 Å². The zero-order valence-electron chi connectivity index (χ0n) is 9.95. The lowest BCUT2D eigenvalue weighted by atomic mass is 9.96. The minimum atomic E-state index is 0.134. The molecule has 2 heteroatoms. The van der Waals surface area contributed by atoms with Crippen LogP contribution in [0.1, 0.15) is 16.7 Å². The Morgan fingerprint density at radius 2 is 1.24 bits per heavy atom. The molecular weight excluding hydrogens is 212 g/mol. The molecule has 2 N–H and O–H groups in total. The largest absolute Gasteiger partial charge is 0.507 e. The van der Waals surface area contributed by atoms with Crippen molar-refractivity contribution in [2.24, 2.45) is 0 Å². The molecule has 2 nitrogen and oxygen atoms in total. The summed E-state index contributed by atoms with van der Waals surface area (Å²) in [5.41, 5.74) is 2.06. The van der Waals surface area contributed by atoms with Crippen LogP contribution in [0.15, 0.2) is 44.0 Å². The molecule has 0 aliphatic rings. The summed E-state index contributed by atoms with van der Waals surface area (Å²) in [6, 6.07) is 1.79. The van der Waals surface area contributed by atoms with Gasteiger partial charge in [0.2, 0.25) is 0 Å². The van der Waals surface area contributed by atoms with Gasteiger partial charge in [0.15, 0.2) is 0 Å². The lowest BCUT2D eigenvalue weighted by molar-refractivity contribution is 0.434. The number of phenolic OH excluding ortho intramolecular Hbond substituents is 2. The first-order valence-corrected chi connectivity index (χ1v) is 5.53. The van der Waals surface area contributed by atoms with E-state index in [4.69, 9.17) is 0 Å². The van der Waals surface area contributed by atoms with Crippen LogP contribution in [0.2, 0.25) is 0 Å². The summed E-state index contributed by atoms with van der Waals surface area (Å²) in [6.45, 7) is 10.9. The Morgan fingerprint density at radius 1 is 0.824 bits per heavy atom. The van der Waals surface area contributed by atoms with Crippen molar-refractivity contribution < 1.29 is 10.2 Å². The predicted molar refractivity (Wildman–Crippen MR) is 71.5 cm³/mol. The van der Waals surface area contributed by atoms with Crippen LogP contribution in [-0.4, -0.2) is 10.2 Å². The second-order valence-corrected chi connectivity index (χ2v) is 3.85. The van der Waals surface area contributed by atoms with Gasteiger partial charge >= 0.3 is 0 Å². The third-order valence-corrected chi connectivity index (χ3v) is 2.61. The van der Waals surface area contributed by atoms with Gasteiger partial charge in [-0.25, -0.2) is 0 Å². The number of hydrogen-bond acceptors (Lipinski definition) is 2. The van der Waals surface area contributed by atoms with Crippen molar-refractivity contribution in [3.63, 3.8) is 0 Å². The predicted octanol–water partition coefficient (Wildman–Crippen LogP) is 3.28. The van der Waals surface area contributed by atoms with Crippen molar-refractivity contribution in [2.45, 2.75) is 19.3 Å².